The van der Waals surface area contributed by atoms with Crippen LogP contribution in [0.5, 0.6) is 5.75 Å². The molecule has 1 unspecified atom stereocenters. The van der Waals surface area contributed by atoms with Crippen LogP contribution in [0.15, 0.2) is 29.2 Å². The van der Waals surface area contributed by atoms with Crippen molar-refractivity contribution in [3.63, 3.8) is 0 Å². The number of carboxylic acid groups (broad SMARTS) is 1. The van der Waals surface area contributed by atoms with Gasteiger partial charge >= 0.3 is 5.97 Å². The van der Waals surface area contributed by atoms with E-state index in [-0.39, 0.29) is 17.9 Å². The van der Waals surface area contributed by atoms with E-state index in [1.807, 2.05) is 6.92 Å². The van der Waals surface area contributed by atoms with Gasteiger partial charge in [0.05, 0.1) is 17.6 Å². The number of benzene rings is 1. The summed E-state index contributed by atoms with van der Waals surface area (Å²) in [7, 11) is -3.97. The number of carbonyl (C=O) groups is 1. The molecule has 23 heavy (non-hydrogen) atoms. The van der Waals surface area contributed by atoms with Crippen LogP contribution in [0.4, 0.5) is 0 Å². The third-order valence-electron chi connectivity index (χ3n) is 3.72. The summed E-state index contributed by atoms with van der Waals surface area (Å²) in [5, 5.41) is 18.7. The molecule has 8 heteroatoms. The van der Waals surface area contributed by atoms with Crippen molar-refractivity contribution in [2.24, 2.45) is 0 Å². The molecule has 2 N–H and O–H groups in total. The summed E-state index contributed by atoms with van der Waals surface area (Å²) in [4.78, 5) is 11.2. The van der Waals surface area contributed by atoms with Crippen LogP contribution in [-0.4, -0.2) is 54.2 Å². The zero-order valence-electron chi connectivity index (χ0n) is 12.9. The molecule has 2 rings (SSSR count). The van der Waals surface area contributed by atoms with Crippen LogP contribution in [0.3, 0.4) is 0 Å². The number of aliphatic carboxylic acids is 1. The molecule has 2 atom stereocenters. The predicted octanol–water partition coefficient (Wildman–Crippen LogP) is 1.07. The number of sulfonamides is 1. The molecular weight excluding hydrogens is 322 g/mol. The van der Waals surface area contributed by atoms with E-state index in [4.69, 9.17) is 9.84 Å². The number of ether oxygens (including phenoxy) is 1. The zero-order valence-corrected chi connectivity index (χ0v) is 13.7. The maximum Gasteiger partial charge on any atom is 0.322 e. The minimum absolute atomic E-state index is 0.0132. The van der Waals surface area contributed by atoms with Crippen molar-refractivity contribution in [3.05, 3.63) is 24.3 Å². The van der Waals surface area contributed by atoms with Crippen LogP contribution in [0.2, 0.25) is 0 Å². The third-order valence-corrected chi connectivity index (χ3v) is 5.60. The Morgan fingerprint density at radius 1 is 1.35 bits per heavy atom. The fourth-order valence-electron chi connectivity index (χ4n) is 2.45. The quantitative estimate of drug-likeness (QED) is 0.718. The molecule has 1 heterocycles. The van der Waals surface area contributed by atoms with Crippen molar-refractivity contribution in [2.75, 3.05) is 13.2 Å². The Morgan fingerprint density at radius 3 is 2.57 bits per heavy atom. The molecule has 7 nitrogen and oxygen atoms in total. The first-order valence-electron chi connectivity index (χ1n) is 7.52. The SMILES string of the molecule is CCCCOc1ccc(S(=O)(=O)N2CC(O)C[C@@H]2C(=O)O)cc1. The van der Waals surface area contributed by atoms with Crippen molar-refractivity contribution >= 4 is 16.0 Å². The lowest BCUT2D eigenvalue weighted by atomic mass is 10.2. The van der Waals surface area contributed by atoms with Gasteiger partial charge in [0.15, 0.2) is 0 Å². The normalized spacial score (nSPS) is 22.2. The van der Waals surface area contributed by atoms with Crippen LogP contribution in [0.1, 0.15) is 26.2 Å². The van der Waals surface area contributed by atoms with Crippen molar-refractivity contribution in [1.82, 2.24) is 4.31 Å². The van der Waals surface area contributed by atoms with Crippen LogP contribution in [-0.2, 0) is 14.8 Å². The summed E-state index contributed by atoms with van der Waals surface area (Å²) >= 11 is 0. The van der Waals surface area contributed by atoms with E-state index in [1.165, 1.54) is 12.1 Å². The number of rotatable bonds is 7. The maximum absolute atomic E-state index is 12.6. The molecule has 0 aromatic heterocycles. The molecule has 0 amide bonds. The Kier molecular flexibility index (Phi) is 5.61. The van der Waals surface area contributed by atoms with E-state index in [1.54, 1.807) is 12.1 Å². The van der Waals surface area contributed by atoms with Crippen LogP contribution >= 0.6 is 0 Å². The lowest BCUT2D eigenvalue weighted by Crippen LogP contribution is -2.40. The van der Waals surface area contributed by atoms with Gasteiger partial charge in [0, 0.05) is 13.0 Å². The Labute approximate surface area is 135 Å². The topological polar surface area (TPSA) is 104 Å². The highest BCUT2D eigenvalue weighted by Gasteiger charge is 2.43. The smallest absolute Gasteiger partial charge is 0.322 e. The van der Waals surface area contributed by atoms with Gasteiger partial charge in [-0.15, -0.1) is 0 Å². The molecule has 1 aromatic rings. The molecule has 128 valence electrons. The van der Waals surface area contributed by atoms with Crippen molar-refractivity contribution in [3.8, 4) is 5.75 Å². The monoisotopic (exact) mass is 343 g/mol. The zero-order chi connectivity index (χ0) is 17.0. The van der Waals surface area contributed by atoms with Gasteiger partial charge in [-0.05, 0) is 30.7 Å². The summed E-state index contributed by atoms with van der Waals surface area (Å²) in [6, 6.07) is 4.63. The molecule has 1 saturated heterocycles. The molecule has 1 aliphatic rings. The molecule has 1 fully saturated rings. The summed E-state index contributed by atoms with van der Waals surface area (Å²) in [5.41, 5.74) is 0. The lowest BCUT2D eigenvalue weighted by molar-refractivity contribution is -0.140. The van der Waals surface area contributed by atoms with Crippen LogP contribution in [0, 0.1) is 0 Å². The van der Waals surface area contributed by atoms with Crippen molar-refractivity contribution in [1.29, 1.82) is 0 Å². The van der Waals surface area contributed by atoms with Crippen molar-refractivity contribution in [2.45, 2.75) is 43.2 Å². The number of β-amino-alcohol motifs (C(OH)–C–C–N with tert-alkyl or cyclic N) is 1. The molecule has 1 aromatic carbocycles. The third kappa shape index (κ3) is 4.01. The highest BCUT2D eigenvalue weighted by Crippen LogP contribution is 2.27. The number of hydrogen-bond acceptors (Lipinski definition) is 5. The Hall–Kier alpha value is -1.64. The van der Waals surface area contributed by atoms with Gasteiger partial charge in [-0.2, -0.15) is 4.31 Å². The first-order chi connectivity index (χ1) is 10.9. The van der Waals surface area contributed by atoms with E-state index >= 15 is 0 Å². The standard InChI is InChI=1S/C15H21NO6S/c1-2-3-8-22-12-4-6-13(7-5-12)23(20,21)16-10-11(17)9-14(16)15(18)19/h4-7,11,14,17H,2-3,8-10H2,1H3,(H,18,19)/t11?,14-/m1/s1. The second kappa shape index (κ2) is 7.29. The Bertz CT molecular complexity index is 642. The van der Waals surface area contributed by atoms with E-state index in [2.05, 4.69) is 0 Å². The molecule has 0 saturated carbocycles. The van der Waals surface area contributed by atoms with Gasteiger partial charge in [0.2, 0.25) is 10.0 Å². The first kappa shape index (κ1) is 17.7. The molecule has 1 aliphatic heterocycles. The lowest BCUT2D eigenvalue weighted by Gasteiger charge is -2.20. The highest BCUT2D eigenvalue weighted by atomic mass is 32.2. The van der Waals surface area contributed by atoms with Gasteiger partial charge in [-0.1, -0.05) is 13.3 Å². The molecule has 0 aliphatic carbocycles. The molecule has 0 bridgehead atoms. The number of unbranched alkanes of at least 4 members (excludes halogenated alkanes) is 1. The second-order valence-corrected chi connectivity index (χ2v) is 7.38. The summed E-state index contributed by atoms with van der Waals surface area (Å²) < 4.78 is 31.5. The van der Waals surface area contributed by atoms with E-state index in [0.717, 1.165) is 17.1 Å². The second-order valence-electron chi connectivity index (χ2n) is 5.49. The predicted molar refractivity (Wildman–Crippen MR) is 82.8 cm³/mol. The summed E-state index contributed by atoms with van der Waals surface area (Å²) in [6.45, 7) is 2.39. The van der Waals surface area contributed by atoms with Gasteiger partial charge in [-0.3, -0.25) is 4.79 Å². The van der Waals surface area contributed by atoms with Gasteiger partial charge < -0.3 is 14.9 Å². The van der Waals surface area contributed by atoms with E-state index in [0.29, 0.717) is 12.4 Å². The largest absolute Gasteiger partial charge is 0.494 e. The average molecular weight is 343 g/mol. The minimum Gasteiger partial charge on any atom is -0.494 e. The molecular formula is C15H21NO6S. The number of hydrogen-bond donors (Lipinski definition) is 2. The van der Waals surface area contributed by atoms with Gasteiger partial charge in [-0.25, -0.2) is 8.42 Å². The van der Waals surface area contributed by atoms with Gasteiger partial charge in [0.25, 0.3) is 0 Å². The Morgan fingerprint density at radius 2 is 2.00 bits per heavy atom. The number of aliphatic hydroxyl groups excluding tert-OH is 1. The van der Waals surface area contributed by atoms with Gasteiger partial charge in [0.1, 0.15) is 11.8 Å². The maximum atomic E-state index is 12.6. The highest BCUT2D eigenvalue weighted by molar-refractivity contribution is 7.89. The molecule has 0 spiro atoms. The number of carboxylic acids is 1. The summed E-state index contributed by atoms with van der Waals surface area (Å²) in [5.74, 6) is -0.696. The first-order valence-corrected chi connectivity index (χ1v) is 8.96. The Balaban J connectivity index is 2.17. The average Bonchev–Trinajstić information content (AvgIpc) is 2.91. The fraction of sp³-hybridized carbons (Fsp3) is 0.533. The molecule has 0 radical (unpaired) electrons. The minimum atomic E-state index is -3.97. The number of aliphatic hydroxyl groups is 1. The fourth-order valence-corrected chi connectivity index (χ4v) is 4.08. The van der Waals surface area contributed by atoms with Crippen LogP contribution in [0.25, 0.3) is 0 Å². The summed E-state index contributed by atoms with van der Waals surface area (Å²) in [6.07, 6.45) is 0.835. The van der Waals surface area contributed by atoms with Crippen molar-refractivity contribution < 1.29 is 28.2 Å². The van der Waals surface area contributed by atoms with Crippen LogP contribution < -0.4 is 4.74 Å². The van der Waals surface area contributed by atoms with E-state index in [9.17, 15) is 18.3 Å². The van der Waals surface area contributed by atoms with E-state index < -0.39 is 28.1 Å². The number of nitrogens with zero attached hydrogens (tertiary/aromatic N) is 1.